The number of rotatable bonds is 3. The summed E-state index contributed by atoms with van der Waals surface area (Å²) in [5.41, 5.74) is 3.77. The highest BCUT2D eigenvalue weighted by Gasteiger charge is 2.28. The lowest BCUT2D eigenvalue weighted by molar-refractivity contribution is 0.0996. The van der Waals surface area contributed by atoms with Gasteiger partial charge in [-0.25, -0.2) is 0 Å². The summed E-state index contributed by atoms with van der Waals surface area (Å²) < 4.78 is 0. The topological polar surface area (TPSA) is 33.1 Å². The Hall–Kier alpha value is -1.89. The Morgan fingerprint density at radius 3 is 2.29 bits per heavy atom. The Balaban J connectivity index is 2.41. The van der Waals surface area contributed by atoms with Crippen molar-refractivity contribution in [1.82, 2.24) is 4.98 Å². The zero-order chi connectivity index (χ0) is 15.3. The van der Waals surface area contributed by atoms with Crippen LogP contribution >= 0.6 is 0 Å². The van der Waals surface area contributed by atoms with Crippen LogP contribution in [0.25, 0.3) is 0 Å². The first kappa shape index (κ1) is 15.5. The molecule has 0 radical (unpaired) electrons. The van der Waals surface area contributed by atoms with E-state index in [4.69, 9.17) is 0 Å². The smallest absolute Gasteiger partial charge is 0.155 e. The van der Waals surface area contributed by atoms with Gasteiger partial charge in [-0.05, 0) is 17.7 Å². The van der Waals surface area contributed by atoms with Crippen molar-refractivity contribution in [2.45, 2.75) is 31.7 Å². The van der Waals surface area contributed by atoms with Gasteiger partial charge in [-0.1, -0.05) is 62.0 Å². The van der Waals surface area contributed by atoms with Gasteiger partial charge in [0.2, 0.25) is 0 Å². The number of hydrogen-bond acceptors (Lipinski definition) is 2. The van der Waals surface area contributed by atoms with E-state index in [1.165, 1.54) is 0 Å². The first-order valence-corrected chi connectivity index (χ1v) is 10.6. The van der Waals surface area contributed by atoms with Crippen LogP contribution in [0.2, 0.25) is 19.6 Å². The Morgan fingerprint density at radius 1 is 1.05 bits per heavy atom. The van der Waals surface area contributed by atoms with Crippen molar-refractivity contribution < 1.29 is 5.11 Å². The summed E-state index contributed by atoms with van der Waals surface area (Å²) in [5, 5.41) is 11.1. The van der Waals surface area contributed by atoms with Crippen molar-refractivity contribution in [3.8, 4) is 11.5 Å². The zero-order valence-electron chi connectivity index (χ0n) is 12.8. The van der Waals surface area contributed by atoms with Gasteiger partial charge in [0.25, 0.3) is 0 Å². The molecule has 0 saturated carbocycles. The molecule has 0 fully saturated rings. The lowest BCUT2D eigenvalue weighted by Crippen LogP contribution is -2.29. The molecule has 0 aliphatic heterocycles. The van der Waals surface area contributed by atoms with Crippen LogP contribution in [0, 0.1) is 11.5 Å². The van der Waals surface area contributed by atoms with Crippen molar-refractivity contribution in [3.05, 3.63) is 66.0 Å². The van der Waals surface area contributed by atoms with Gasteiger partial charge in [-0.15, -0.1) is 5.54 Å². The van der Waals surface area contributed by atoms with Gasteiger partial charge < -0.3 is 5.11 Å². The average Bonchev–Trinajstić information content (AvgIpc) is 2.47. The van der Waals surface area contributed by atoms with E-state index >= 15 is 0 Å². The van der Waals surface area contributed by atoms with Gasteiger partial charge in [-0.3, -0.25) is 4.98 Å². The molecule has 0 unspecified atom stereocenters. The third-order valence-electron chi connectivity index (χ3n) is 3.06. The first-order valence-electron chi connectivity index (χ1n) is 7.11. The van der Waals surface area contributed by atoms with Crippen LogP contribution in [0.5, 0.6) is 0 Å². The molecule has 2 nitrogen and oxygen atoms in total. The summed E-state index contributed by atoms with van der Waals surface area (Å²) in [6.45, 7) is 6.52. The van der Waals surface area contributed by atoms with Crippen molar-refractivity contribution >= 4 is 8.07 Å². The van der Waals surface area contributed by atoms with Crippen LogP contribution in [0.15, 0.2) is 54.7 Å². The average molecular weight is 295 g/mol. The zero-order valence-corrected chi connectivity index (χ0v) is 13.8. The molecule has 3 heteroatoms. The van der Waals surface area contributed by atoms with E-state index in [0.29, 0.717) is 6.42 Å². The first-order chi connectivity index (χ1) is 9.89. The summed E-state index contributed by atoms with van der Waals surface area (Å²) in [5.74, 6) is 3.13. The van der Waals surface area contributed by atoms with Gasteiger partial charge >= 0.3 is 0 Å². The molecule has 21 heavy (non-hydrogen) atoms. The van der Waals surface area contributed by atoms with Crippen molar-refractivity contribution in [2.24, 2.45) is 0 Å². The van der Waals surface area contributed by atoms with Crippen molar-refractivity contribution in [1.29, 1.82) is 0 Å². The standard InChI is InChI=1S/C18H21NOSi/c1-21(2,3)14-12-18(20,16-9-5-4-6-10-16)15-17-11-7-8-13-19-17/h4-11,13,20H,15H2,1-3H3/t18-/m0/s1. The van der Waals surface area contributed by atoms with Crippen LogP contribution in [0.3, 0.4) is 0 Å². The molecule has 0 aliphatic carbocycles. The molecule has 1 aromatic carbocycles. The van der Waals surface area contributed by atoms with Crippen LogP contribution in [-0.4, -0.2) is 18.2 Å². The SMILES string of the molecule is C[Si](C)(C)C#C[C@](O)(Cc1ccccn1)c1ccccc1. The van der Waals surface area contributed by atoms with Crippen molar-refractivity contribution in [3.63, 3.8) is 0 Å². The molecule has 1 atom stereocenters. The van der Waals surface area contributed by atoms with Crippen LogP contribution in [0.1, 0.15) is 11.3 Å². The predicted molar refractivity (Wildman–Crippen MR) is 89.4 cm³/mol. The largest absolute Gasteiger partial charge is 0.373 e. The van der Waals surface area contributed by atoms with Gasteiger partial charge in [-0.2, -0.15) is 0 Å². The fourth-order valence-corrected chi connectivity index (χ4v) is 2.57. The molecule has 0 amide bonds. The lowest BCUT2D eigenvalue weighted by Gasteiger charge is -2.23. The van der Waals surface area contributed by atoms with E-state index in [1.807, 2.05) is 48.5 Å². The highest BCUT2D eigenvalue weighted by molar-refractivity contribution is 6.83. The van der Waals surface area contributed by atoms with Crippen LogP contribution in [0.4, 0.5) is 0 Å². The van der Waals surface area contributed by atoms with Crippen LogP contribution < -0.4 is 0 Å². The maximum atomic E-state index is 11.1. The fraction of sp³-hybridized carbons (Fsp3) is 0.278. The van der Waals surface area contributed by atoms with Gasteiger partial charge in [0.1, 0.15) is 8.07 Å². The van der Waals surface area contributed by atoms with E-state index in [2.05, 4.69) is 36.1 Å². The molecule has 2 rings (SSSR count). The molecule has 0 bridgehead atoms. The Kier molecular flexibility index (Phi) is 4.61. The summed E-state index contributed by atoms with van der Waals surface area (Å²) in [6.07, 6.45) is 2.14. The maximum absolute atomic E-state index is 11.1. The van der Waals surface area contributed by atoms with E-state index in [-0.39, 0.29) is 0 Å². The minimum Gasteiger partial charge on any atom is -0.373 e. The van der Waals surface area contributed by atoms with Crippen LogP contribution in [-0.2, 0) is 12.0 Å². The highest BCUT2D eigenvalue weighted by Crippen LogP contribution is 2.24. The number of nitrogens with zero attached hydrogens (tertiary/aromatic N) is 1. The van der Waals surface area contributed by atoms with Crippen molar-refractivity contribution in [2.75, 3.05) is 0 Å². The normalized spacial score (nSPS) is 13.9. The van der Waals surface area contributed by atoms with E-state index < -0.39 is 13.7 Å². The van der Waals surface area contributed by atoms with Gasteiger partial charge in [0, 0.05) is 18.3 Å². The molecule has 1 aromatic heterocycles. The van der Waals surface area contributed by atoms with Gasteiger partial charge in [0.05, 0.1) is 0 Å². The summed E-state index contributed by atoms with van der Waals surface area (Å²) in [4.78, 5) is 4.32. The van der Waals surface area contributed by atoms with E-state index in [1.54, 1.807) is 6.20 Å². The number of benzene rings is 1. The fourth-order valence-electron chi connectivity index (χ4n) is 1.99. The monoisotopic (exact) mass is 295 g/mol. The summed E-state index contributed by atoms with van der Waals surface area (Å²) >= 11 is 0. The molecule has 1 heterocycles. The second-order valence-corrected chi connectivity index (χ2v) is 11.0. The third-order valence-corrected chi connectivity index (χ3v) is 3.93. The molecule has 108 valence electrons. The summed E-state index contributed by atoms with van der Waals surface area (Å²) in [7, 11) is -1.56. The third kappa shape index (κ3) is 4.56. The number of hydrogen-bond donors (Lipinski definition) is 1. The second-order valence-electron chi connectivity index (χ2n) is 6.22. The maximum Gasteiger partial charge on any atom is 0.155 e. The van der Waals surface area contributed by atoms with E-state index in [0.717, 1.165) is 11.3 Å². The van der Waals surface area contributed by atoms with Gasteiger partial charge in [0.15, 0.2) is 5.60 Å². The molecule has 2 aromatic rings. The molecule has 0 spiro atoms. The second kappa shape index (κ2) is 6.25. The minimum atomic E-state index is -1.56. The molecule has 1 N–H and O–H groups in total. The summed E-state index contributed by atoms with van der Waals surface area (Å²) in [6, 6.07) is 15.4. The minimum absolute atomic E-state index is 0.398. The Morgan fingerprint density at radius 2 is 1.71 bits per heavy atom. The lowest BCUT2D eigenvalue weighted by atomic mass is 9.90. The number of aromatic nitrogens is 1. The highest BCUT2D eigenvalue weighted by atomic mass is 28.3. The molecule has 0 aliphatic rings. The molecular weight excluding hydrogens is 274 g/mol. The molecule has 0 saturated heterocycles. The quantitative estimate of drug-likeness (QED) is 0.695. The Bertz CT molecular complexity index is 638. The van der Waals surface area contributed by atoms with E-state index in [9.17, 15) is 5.11 Å². The predicted octanol–water partition coefficient (Wildman–Crippen LogP) is 3.39. The number of aliphatic hydroxyl groups is 1. The number of pyridine rings is 1. The molecular formula is C18H21NOSi. The Labute approximate surface area is 127 Å².